The molecule has 0 atom stereocenters. The third kappa shape index (κ3) is 3.48. The molecule has 0 bridgehead atoms. The van der Waals surface area contributed by atoms with Crippen LogP contribution in [0.1, 0.15) is 0 Å². The second kappa shape index (κ2) is 10.4. The molecule has 0 radical (unpaired) electrons. The molecule has 4 aliphatic heterocycles. The summed E-state index contributed by atoms with van der Waals surface area (Å²) in [6.07, 6.45) is 0. The van der Waals surface area contributed by atoms with Crippen LogP contribution in [0.3, 0.4) is 0 Å². The van der Waals surface area contributed by atoms with Gasteiger partial charge in [-0.15, -0.1) is 0 Å². The Hall–Kier alpha value is -7.03. The van der Waals surface area contributed by atoms with Gasteiger partial charge in [0.1, 0.15) is 0 Å². The lowest BCUT2D eigenvalue weighted by molar-refractivity contribution is 1.27. The Balaban J connectivity index is 1.25. The summed E-state index contributed by atoms with van der Waals surface area (Å²) >= 11 is 0. The van der Waals surface area contributed by atoms with Gasteiger partial charge in [0.05, 0.1) is 0 Å². The van der Waals surface area contributed by atoms with Crippen molar-refractivity contribution < 1.29 is 0 Å². The third-order valence-corrected chi connectivity index (χ3v) is 13.3. The Morgan fingerprint density at radius 1 is 0.321 bits per heavy atom. The number of anilines is 6. The van der Waals surface area contributed by atoms with E-state index in [1.165, 1.54) is 121 Å². The van der Waals surface area contributed by atoms with Gasteiger partial charge in [0.25, 0.3) is 0 Å². The Morgan fingerprint density at radius 2 is 0.768 bits per heavy atom. The number of fused-ring (bicyclic) bond motifs is 10. The molecule has 0 spiro atoms. The van der Waals surface area contributed by atoms with Gasteiger partial charge in [0.15, 0.2) is 0 Å². The zero-order valence-electron chi connectivity index (χ0n) is 30.4. The largest absolute Gasteiger partial charge is 0.311 e. The number of hydrogen-bond donors (Lipinski definition) is 0. The van der Waals surface area contributed by atoms with E-state index in [9.17, 15) is 0 Å². The third-order valence-electron chi connectivity index (χ3n) is 13.3. The molecule has 0 N–H and O–H groups in total. The zero-order valence-corrected chi connectivity index (χ0v) is 30.4. The maximum absolute atomic E-state index is 2.60. The van der Waals surface area contributed by atoms with Gasteiger partial charge in [0.2, 0.25) is 13.4 Å². The Labute approximate surface area is 325 Å². The summed E-state index contributed by atoms with van der Waals surface area (Å²) in [5.41, 5.74) is 18.7. The number of benzene rings is 10. The first-order chi connectivity index (χ1) is 27.8. The van der Waals surface area contributed by atoms with Crippen molar-refractivity contribution in [1.82, 2.24) is 0 Å². The number of rotatable bonds is 2. The minimum absolute atomic E-state index is 0.0765. The molecule has 0 saturated carbocycles. The molecule has 4 heterocycles. The summed E-state index contributed by atoms with van der Waals surface area (Å²) < 4.78 is 0. The van der Waals surface area contributed by atoms with Crippen molar-refractivity contribution >= 4 is 123 Å². The summed E-state index contributed by atoms with van der Waals surface area (Å²) in [5, 5.41) is 10.5. The number of para-hydroxylation sites is 2. The van der Waals surface area contributed by atoms with Gasteiger partial charge in [0, 0.05) is 44.9 Å². The average Bonchev–Trinajstić information content (AvgIpc) is 3.26. The van der Waals surface area contributed by atoms with E-state index in [0.29, 0.717) is 0 Å². The minimum Gasteiger partial charge on any atom is -0.311 e. The van der Waals surface area contributed by atoms with Crippen LogP contribution in [0.2, 0.25) is 0 Å². The lowest BCUT2D eigenvalue weighted by Gasteiger charge is -2.47. The van der Waals surface area contributed by atoms with E-state index in [1.54, 1.807) is 0 Å². The van der Waals surface area contributed by atoms with Gasteiger partial charge >= 0.3 is 0 Å². The van der Waals surface area contributed by atoms with Gasteiger partial charge < -0.3 is 9.80 Å². The lowest BCUT2D eigenvalue weighted by Crippen LogP contribution is -2.66. The fourth-order valence-electron chi connectivity index (χ4n) is 11.3. The quantitative estimate of drug-likeness (QED) is 0.131. The highest BCUT2D eigenvalue weighted by Gasteiger charge is 2.50. The smallest absolute Gasteiger partial charge is 0.248 e. The predicted octanol–water partition coefficient (Wildman–Crippen LogP) is 9.19. The average molecular weight is 704 g/mol. The SMILES string of the molecule is c1ccc(N2c3cc4c5c6c3B(c3ccc7ccccc7c32)c2cccc3cc7cccc(c7c-6c23)B5c2ccc3ccccc3c2N4c2ccccc2)cc1. The molecule has 0 fully saturated rings. The van der Waals surface area contributed by atoms with Crippen LogP contribution in [-0.2, 0) is 0 Å². The molecule has 0 amide bonds. The highest BCUT2D eigenvalue weighted by molar-refractivity contribution is 7.05. The lowest BCUT2D eigenvalue weighted by atomic mass is 9.26. The van der Waals surface area contributed by atoms with Crippen molar-refractivity contribution in [1.29, 1.82) is 0 Å². The second-order valence-electron chi connectivity index (χ2n) is 15.9. The molecule has 0 saturated heterocycles. The molecule has 4 heteroatoms. The summed E-state index contributed by atoms with van der Waals surface area (Å²) in [5.74, 6) is 0. The van der Waals surface area contributed by atoms with Crippen molar-refractivity contribution in [2.45, 2.75) is 0 Å². The molecule has 10 aromatic carbocycles. The maximum atomic E-state index is 2.60. The Kier molecular flexibility index (Phi) is 5.44. The normalized spacial score (nSPS) is 13.9. The van der Waals surface area contributed by atoms with Crippen molar-refractivity contribution in [3.63, 3.8) is 0 Å². The van der Waals surface area contributed by atoms with Crippen LogP contribution in [0.4, 0.5) is 34.1 Å². The fraction of sp³-hybridized carbons (Fsp3) is 0. The second-order valence-corrected chi connectivity index (χ2v) is 15.9. The van der Waals surface area contributed by atoms with E-state index < -0.39 is 0 Å². The van der Waals surface area contributed by atoms with Crippen LogP contribution in [0, 0.1) is 0 Å². The molecule has 10 aromatic rings. The van der Waals surface area contributed by atoms with Gasteiger partial charge in [-0.3, -0.25) is 0 Å². The van der Waals surface area contributed by atoms with Crippen LogP contribution in [0.15, 0.2) is 182 Å². The monoisotopic (exact) mass is 704 g/mol. The van der Waals surface area contributed by atoms with E-state index in [4.69, 9.17) is 0 Å². The highest BCUT2D eigenvalue weighted by Crippen LogP contribution is 2.51. The van der Waals surface area contributed by atoms with Crippen LogP contribution in [0.25, 0.3) is 54.2 Å². The molecule has 56 heavy (non-hydrogen) atoms. The van der Waals surface area contributed by atoms with Crippen LogP contribution in [-0.4, -0.2) is 13.4 Å². The van der Waals surface area contributed by atoms with Crippen LogP contribution in [0.5, 0.6) is 0 Å². The molecular formula is C52H30B2N2. The minimum atomic E-state index is 0.0765. The molecule has 0 unspecified atom stereocenters. The van der Waals surface area contributed by atoms with Gasteiger partial charge in [-0.25, -0.2) is 0 Å². The summed E-state index contributed by atoms with van der Waals surface area (Å²) in [7, 11) is 0. The molecule has 0 aliphatic carbocycles. The van der Waals surface area contributed by atoms with Crippen LogP contribution < -0.4 is 42.6 Å². The van der Waals surface area contributed by atoms with Crippen molar-refractivity contribution in [3.05, 3.63) is 182 Å². The molecule has 2 nitrogen and oxygen atoms in total. The van der Waals surface area contributed by atoms with E-state index in [1.807, 2.05) is 0 Å². The van der Waals surface area contributed by atoms with E-state index in [0.717, 1.165) is 0 Å². The summed E-state index contributed by atoms with van der Waals surface area (Å²) in [6.45, 7) is 0.153. The predicted molar refractivity (Wildman–Crippen MR) is 241 cm³/mol. The topological polar surface area (TPSA) is 6.48 Å². The van der Waals surface area contributed by atoms with Crippen molar-refractivity contribution in [2.75, 3.05) is 9.80 Å². The van der Waals surface area contributed by atoms with Gasteiger partial charge in [-0.1, -0.05) is 157 Å². The fourth-order valence-corrected chi connectivity index (χ4v) is 11.3. The molecule has 0 aromatic heterocycles. The maximum Gasteiger partial charge on any atom is 0.248 e. The number of hydrogen-bond acceptors (Lipinski definition) is 2. The first-order valence-electron chi connectivity index (χ1n) is 19.8. The highest BCUT2D eigenvalue weighted by atomic mass is 15.2. The van der Waals surface area contributed by atoms with Gasteiger partial charge in [-0.2, -0.15) is 0 Å². The number of nitrogens with zero attached hydrogens (tertiary/aromatic N) is 2. The molecule has 14 rings (SSSR count). The van der Waals surface area contributed by atoms with Crippen molar-refractivity contribution in [2.24, 2.45) is 0 Å². The Morgan fingerprint density at radius 3 is 1.27 bits per heavy atom. The summed E-state index contributed by atoms with van der Waals surface area (Å²) in [4.78, 5) is 5.20. The molecule has 4 aliphatic rings. The van der Waals surface area contributed by atoms with Crippen molar-refractivity contribution in [3.8, 4) is 11.1 Å². The van der Waals surface area contributed by atoms with E-state index >= 15 is 0 Å². The standard InChI is InChI=1S/C52H30B2N2/c1-3-17-35(18-4-1)55-43-30-44-50-48-47-45-33(15-11-23-39(45)53(49(43)48)41-27-25-31-13-7-9-21-37(31)51(41)55)29-34-16-12-24-40(46(34)47)54(50)42-28-26-32-14-8-10-22-38(32)52(42)56(44)36-19-5-2-6-20-36/h1-30H. The Bertz CT molecular complexity index is 3180. The summed E-state index contributed by atoms with van der Waals surface area (Å²) in [6, 6.07) is 68.8. The first-order valence-corrected chi connectivity index (χ1v) is 19.8. The zero-order chi connectivity index (χ0) is 36.2. The first kappa shape index (κ1) is 29.3. The van der Waals surface area contributed by atoms with Gasteiger partial charge in [-0.05, 0) is 102 Å². The van der Waals surface area contributed by atoms with Crippen LogP contribution >= 0.6 is 0 Å². The van der Waals surface area contributed by atoms with E-state index in [2.05, 4.69) is 192 Å². The molecule has 254 valence electrons. The molecular weight excluding hydrogens is 674 g/mol. The van der Waals surface area contributed by atoms with E-state index in [-0.39, 0.29) is 13.4 Å².